The van der Waals surface area contributed by atoms with Crippen LogP contribution in [-0.2, 0) is 22.7 Å². The third kappa shape index (κ3) is 8.23. The summed E-state index contributed by atoms with van der Waals surface area (Å²) in [4.78, 5) is 32.4. The van der Waals surface area contributed by atoms with E-state index in [-0.39, 0.29) is 35.8 Å². The number of amides is 2. The third-order valence-corrected chi connectivity index (χ3v) is 5.87. The number of aliphatic imine (C=N–C) groups is 1. The Balaban J connectivity index is 0.00000363. The maximum atomic E-state index is 11.9. The maximum Gasteiger partial charge on any atom is 0.233 e. The van der Waals surface area contributed by atoms with Crippen LogP contribution in [0.1, 0.15) is 43.7 Å². The number of piperidine rings is 1. The molecule has 1 aromatic carbocycles. The molecule has 0 aliphatic carbocycles. The van der Waals surface area contributed by atoms with Crippen molar-refractivity contribution in [2.24, 2.45) is 4.99 Å². The Bertz CT molecular complexity index is 780. The Labute approximate surface area is 208 Å². The number of hydrogen-bond donors (Lipinski definition) is 3. The monoisotopic (exact) mass is 556 g/mol. The molecule has 178 valence electrons. The summed E-state index contributed by atoms with van der Waals surface area (Å²) in [6, 6.07) is 8.71. The number of nitrogens with one attached hydrogen (secondary N) is 3. The molecule has 9 heteroatoms. The van der Waals surface area contributed by atoms with Gasteiger partial charge >= 0.3 is 0 Å². The summed E-state index contributed by atoms with van der Waals surface area (Å²) in [6.45, 7) is 7.28. The van der Waals surface area contributed by atoms with Crippen LogP contribution >= 0.6 is 24.0 Å². The molecule has 0 atom stereocenters. The SMILES string of the molecule is CCNC(=NCc1cccc(CN2CCCC2=O)c1)NC1CCN(CC(=O)NC)CC1.I. The number of carbonyl (C=O) groups excluding carboxylic acids is 2. The van der Waals surface area contributed by atoms with Gasteiger partial charge in [0.05, 0.1) is 13.1 Å². The van der Waals surface area contributed by atoms with Crippen LogP contribution in [0, 0.1) is 0 Å². The Hall–Kier alpha value is -1.88. The first-order chi connectivity index (χ1) is 15.1. The molecule has 0 unspecified atom stereocenters. The Morgan fingerprint density at radius 3 is 2.59 bits per heavy atom. The van der Waals surface area contributed by atoms with Gasteiger partial charge in [-0.15, -0.1) is 24.0 Å². The highest BCUT2D eigenvalue weighted by molar-refractivity contribution is 14.0. The molecule has 0 spiro atoms. The van der Waals surface area contributed by atoms with Gasteiger partial charge < -0.3 is 20.9 Å². The molecule has 2 heterocycles. The van der Waals surface area contributed by atoms with Gasteiger partial charge in [0, 0.05) is 52.2 Å². The summed E-state index contributed by atoms with van der Waals surface area (Å²) in [7, 11) is 1.68. The number of guanidine groups is 1. The summed E-state index contributed by atoms with van der Waals surface area (Å²) in [5, 5.41) is 9.58. The zero-order chi connectivity index (χ0) is 22.1. The van der Waals surface area contributed by atoms with Crippen molar-refractivity contribution in [1.29, 1.82) is 0 Å². The van der Waals surface area contributed by atoms with Crippen LogP contribution in [0.15, 0.2) is 29.3 Å². The van der Waals surface area contributed by atoms with Gasteiger partial charge in [0.15, 0.2) is 5.96 Å². The summed E-state index contributed by atoms with van der Waals surface area (Å²) < 4.78 is 0. The van der Waals surface area contributed by atoms with E-state index in [2.05, 4.69) is 46.0 Å². The lowest BCUT2D eigenvalue weighted by Crippen LogP contribution is -2.50. The highest BCUT2D eigenvalue weighted by Crippen LogP contribution is 2.16. The van der Waals surface area contributed by atoms with E-state index in [1.807, 2.05) is 11.0 Å². The van der Waals surface area contributed by atoms with E-state index in [0.717, 1.165) is 62.5 Å². The smallest absolute Gasteiger partial charge is 0.233 e. The summed E-state index contributed by atoms with van der Waals surface area (Å²) in [5.74, 6) is 1.15. The lowest BCUT2D eigenvalue weighted by atomic mass is 10.1. The first-order valence-electron chi connectivity index (χ1n) is 11.4. The number of hydrogen-bond acceptors (Lipinski definition) is 4. The number of likely N-dealkylation sites (N-methyl/N-ethyl adjacent to an activating group) is 1. The third-order valence-electron chi connectivity index (χ3n) is 5.87. The number of benzene rings is 1. The lowest BCUT2D eigenvalue weighted by Gasteiger charge is -2.32. The first kappa shape index (κ1) is 26.4. The fourth-order valence-corrected chi connectivity index (χ4v) is 4.12. The Morgan fingerprint density at radius 2 is 1.94 bits per heavy atom. The van der Waals surface area contributed by atoms with Crippen molar-refractivity contribution < 1.29 is 9.59 Å². The maximum absolute atomic E-state index is 11.9. The van der Waals surface area contributed by atoms with Crippen molar-refractivity contribution in [3.8, 4) is 0 Å². The topological polar surface area (TPSA) is 89.1 Å². The van der Waals surface area contributed by atoms with E-state index in [4.69, 9.17) is 4.99 Å². The molecule has 2 amide bonds. The summed E-state index contributed by atoms with van der Waals surface area (Å²) in [5.41, 5.74) is 2.30. The molecule has 3 rings (SSSR count). The predicted octanol–water partition coefficient (Wildman–Crippen LogP) is 1.69. The van der Waals surface area contributed by atoms with Crippen molar-refractivity contribution in [2.75, 3.05) is 39.8 Å². The van der Waals surface area contributed by atoms with E-state index in [0.29, 0.717) is 32.1 Å². The molecule has 2 aliphatic heterocycles. The second kappa shape index (κ2) is 13.6. The molecular formula is C23H37IN6O2. The Kier molecular flexibility index (Phi) is 11.2. The number of rotatable bonds is 8. The summed E-state index contributed by atoms with van der Waals surface area (Å²) in [6.07, 6.45) is 3.61. The average Bonchev–Trinajstić information content (AvgIpc) is 3.18. The normalized spacial score (nSPS) is 17.8. The molecule has 0 radical (unpaired) electrons. The standard InChI is InChI=1S/C23H36N6O2.HI/c1-3-25-23(27-20-9-12-28(13-10-20)17-21(30)24-2)26-15-18-6-4-7-19(14-18)16-29-11-5-8-22(29)31;/h4,6-7,14,20H,3,5,8-13,15-17H2,1-2H3,(H,24,30)(H2,25,26,27);1H. The first-order valence-corrected chi connectivity index (χ1v) is 11.4. The molecular weight excluding hydrogens is 519 g/mol. The average molecular weight is 556 g/mol. The number of likely N-dealkylation sites (tertiary alicyclic amines) is 2. The van der Waals surface area contributed by atoms with Gasteiger partial charge in [0.2, 0.25) is 11.8 Å². The van der Waals surface area contributed by atoms with E-state index < -0.39 is 0 Å². The second-order valence-electron chi connectivity index (χ2n) is 8.30. The van der Waals surface area contributed by atoms with Crippen LogP contribution in [0.3, 0.4) is 0 Å². The van der Waals surface area contributed by atoms with Gasteiger partial charge in [-0.2, -0.15) is 0 Å². The van der Waals surface area contributed by atoms with Crippen LogP contribution in [0.2, 0.25) is 0 Å². The zero-order valence-corrected chi connectivity index (χ0v) is 21.6. The number of halogens is 1. The van der Waals surface area contributed by atoms with E-state index >= 15 is 0 Å². The highest BCUT2D eigenvalue weighted by atomic mass is 127. The van der Waals surface area contributed by atoms with Crippen molar-refractivity contribution >= 4 is 41.8 Å². The second-order valence-corrected chi connectivity index (χ2v) is 8.30. The fourth-order valence-electron chi connectivity index (χ4n) is 4.12. The van der Waals surface area contributed by atoms with Crippen LogP contribution in [0.25, 0.3) is 0 Å². The van der Waals surface area contributed by atoms with E-state index in [1.165, 1.54) is 0 Å². The Morgan fingerprint density at radius 1 is 1.19 bits per heavy atom. The molecule has 2 saturated heterocycles. The zero-order valence-electron chi connectivity index (χ0n) is 19.2. The quantitative estimate of drug-likeness (QED) is 0.258. The summed E-state index contributed by atoms with van der Waals surface area (Å²) >= 11 is 0. The van der Waals surface area contributed by atoms with Crippen LogP contribution in [0.5, 0.6) is 0 Å². The van der Waals surface area contributed by atoms with Gasteiger partial charge in [-0.05, 0) is 37.3 Å². The minimum absolute atomic E-state index is 0. The molecule has 0 bridgehead atoms. The molecule has 2 aliphatic rings. The van der Waals surface area contributed by atoms with Crippen LogP contribution in [0.4, 0.5) is 0 Å². The molecule has 2 fully saturated rings. The minimum atomic E-state index is 0. The highest BCUT2D eigenvalue weighted by Gasteiger charge is 2.21. The lowest BCUT2D eigenvalue weighted by molar-refractivity contribution is -0.128. The van der Waals surface area contributed by atoms with Crippen molar-refractivity contribution in [1.82, 2.24) is 25.8 Å². The van der Waals surface area contributed by atoms with Crippen molar-refractivity contribution in [3.05, 3.63) is 35.4 Å². The number of nitrogens with zero attached hydrogens (tertiary/aromatic N) is 3. The molecule has 0 saturated carbocycles. The van der Waals surface area contributed by atoms with Crippen molar-refractivity contribution in [3.63, 3.8) is 0 Å². The van der Waals surface area contributed by atoms with E-state index in [9.17, 15) is 9.59 Å². The predicted molar refractivity (Wildman–Crippen MR) is 138 cm³/mol. The van der Waals surface area contributed by atoms with Crippen LogP contribution in [-0.4, -0.2) is 73.4 Å². The number of carbonyl (C=O) groups is 2. The molecule has 8 nitrogen and oxygen atoms in total. The van der Waals surface area contributed by atoms with Gasteiger partial charge in [0.1, 0.15) is 0 Å². The van der Waals surface area contributed by atoms with Gasteiger partial charge in [0.25, 0.3) is 0 Å². The van der Waals surface area contributed by atoms with Gasteiger partial charge in [-0.25, -0.2) is 4.99 Å². The van der Waals surface area contributed by atoms with Crippen LogP contribution < -0.4 is 16.0 Å². The van der Waals surface area contributed by atoms with Gasteiger partial charge in [-0.3, -0.25) is 14.5 Å². The van der Waals surface area contributed by atoms with E-state index in [1.54, 1.807) is 7.05 Å². The molecule has 32 heavy (non-hydrogen) atoms. The van der Waals surface area contributed by atoms with Crippen molar-refractivity contribution in [2.45, 2.75) is 51.7 Å². The van der Waals surface area contributed by atoms with Gasteiger partial charge in [-0.1, -0.05) is 24.3 Å². The molecule has 0 aromatic heterocycles. The fraction of sp³-hybridized carbons (Fsp3) is 0.609. The largest absolute Gasteiger partial charge is 0.358 e. The molecule has 1 aromatic rings. The molecule has 3 N–H and O–H groups in total. The minimum Gasteiger partial charge on any atom is -0.358 e.